The monoisotopic (exact) mass is 224 g/mol. The van der Waals surface area contributed by atoms with Crippen LogP contribution in [0.1, 0.15) is 59.8 Å². The third-order valence-corrected chi connectivity index (χ3v) is 4.43. The number of hydrogen-bond donors (Lipinski definition) is 0. The first-order chi connectivity index (χ1) is 7.37. The molecule has 2 nitrogen and oxygen atoms in total. The Morgan fingerprint density at radius 1 is 1.38 bits per heavy atom. The Bertz CT molecular complexity index is 290. The van der Waals surface area contributed by atoms with Crippen molar-refractivity contribution in [1.29, 1.82) is 0 Å². The van der Waals surface area contributed by atoms with Crippen molar-refractivity contribution in [3.05, 3.63) is 0 Å². The first-order valence-electron chi connectivity index (χ1n) is 6.61. The molecule has 0 spiro atoms. The van der Waals surface area contributed by atoms with Gasteiger partial charge in [-0.2, -0.15) is 0 Å². The molecule has 16 heavy (non-hydrogen) atoms. The summed E-state index contributed by atoms with van der Waals surface area (Å²) in [7, 11) is 0. The van der Waals surface area contributed by atoms with Crippen LogP contribution in [0, 0.1) is 17.3 Å². The molecule has 2 aliphatic carbocycles. The Labute approximate surface area is 98.7 Å². The second kappa shape index (κ2) is 3.75. The molecule has 3 unspecified atom stereocenters. The summed E-state index contributed by atoms with van der Waals surface area (Å²) in [5.74, 6) is 1.42. The summed E-state index contributed by atoms with van der Waals surface area (Å²) >= 11 is 0. The molecule has 2 heteroatoms. The summed E-state index contributed by atoms with van der Waals surface area (Å²) in [6, 6.07) is 0. The van der Waals surface area contributed by atoms with E-state index in [4.69, 9.17) is 4.74 Å². The van der Waals surface area contributed by atoms with Crippen LogP contribution in [0.25, 0.3) is 0 Å². The van der Waals surface area contributed by atoms with Crippen LogP contribution >= 0.6 is 0 Å². The van der Waals surface area contributed by atoms with Gasteiger partial charge in [0.25, 0.3) is 0 Å². The topological polar surface area (TPSA) is 26.3 Å². The second-order valence-electron chi connectivity index (χ2n) is 6.64. The van der Waals surface area contributed by atoms with Gasteiger partial charge in [-0.1, -0.05) is 6.92 Å². The van der Waals surface area contributed by atoms with Gasteiger partial charge in [0.15, 0.2) is 0 Å². The Hall–Kier alpha value is -0.530. The number of carbonyl (C=O) groups is 1. The van der Waals surface area contributed by atoms with Crippen LogP contribution < -0.4 is 0 Å². The molecule has 2 fully saturated rings. The van der Waals surface area contributed by atoms with Crippen LogP contribution in [-0.2, 0) is 9.53 Å². The normalized spacial score (nSPS) is 37.8. The zero-order valence-corrected chi connectivity index (χ0v) is 11.0. The maximum Gasteiger partial charge on any atom is 0.311 e. The highest BCUT2D eigenvalue weighted by Gasteiger charge is 2.53. The standard InChI is InChI=1S/C14H24O2/c1-5-14(16-12(15)13(2,3)4)9-10-6-7-11(14)8-10/h10-11H,5-9H2,1-4H3. The summed E-state index contributed by atoms with van der Waals surface area (Å²) in [4.78, 5) is 12.0. The fourth-order valence-corrected chi connectivity index (χ4v) is 3.36. The quantitative estimate of drug-likeness (QED) is 0.671. The minimum Gasteiger partial charge on any atom is -0.458 e. The van der Waals surface area contributed by atoms with Gasteiger partial charge in [-0.3, -0.25) is 4.79 Å². The molecule has 0 amide bonds. The van der Waals surface area contributed by atoms with Gasteiger partial charge in [-0.05, 0) is 64.7 Å². The highest BCUT2D eigenvalue weighted by Crippen LogP contribution is 2.54. The van der Waals surface area contributed by atoms with Gasteiger partial charge in [0.05, 0.1) is 5.41 Å². The zero-order chi connectivity index (χ0) is 12.0. The van der Waals surface area contributed by atoms with Crippen molar-refractivity contribution in [1.82, 2.24) is 0 Å². The van der Waals surface area contributed by atoms with Crippen molar-refractivity contribution in [2.75, 3.05) is 0 Å². The highest BCUT2D eigenvalue weighted by molar-refractivity contribution is 5.75. The third kappa shape index (κ3) is 1.87. The molecule has 3 atom stereocenters. The molecule has 0 radical (unpaired) electrons. The lowest BCUT2D eigenvalue weighted by Gasteiger charge is -2.38. The second-order valence-corrected chi connectivity index (χ2v) is 6.64. The van der Waals surface area contributed by atoms with Crippen molar-refractivity contribution in [2.45, 2.75) is 65.4 Å². The molecule has 0 saturated heterocycles. The molecule has 0 aromatic carbocycles. The minimum absolute atomic E-state index is 0.0260. The molecule has 0 heterocycles. The van der Waals surface area contributed by atoms with E-state index in [-0.39, 0.29) is 17.0 Å². The van der Waals surface area contributed by atoms with E-state index in [1.807, 2.05) is 20.8 Å². The Morgan fingerprint density at radius 3 is 2.44 bits per heavy atom. The van der Waals surface area contributed by atoms with E-state index in [1.54, 1.807) is 0 Å². The predicted octanol–water partition coefficient (Wildman–Crippen LogP) is 3.54. The zero-order valence-electron chi connectivity index (χ0n) is 11.0. The van der Waals surface area contributed by atoms with Crippen LogP contribution in [0.3, 0.4) is 0 Å². The molecule has 0 aromatic heterocycles. The number of ether oxygens (including phenoxy) is 1. The fourth-order valence-electron chi connectivity index (χ4n) is 3.36. The summed E-state index contributed by atoms with van der Waals surface area (Å²) in [5.41, 5.74) is -0.489. The molecule has 0 aliphatic heterocycles. The molecule has 2 aliphatic rings. The molecule has 92 valence electrons. The largest absolute Gasteiger partial charge is 0.458 e. The molecule has 2 bridgehead atoms. The van der Waals surface area contributed by atoms with Crippen LogP contribution in [0.15, 0.2) is 0 Å². The van der Waals surface area contributed by atoms with Gasteiger partial charge < -0.3 is 4.74 Å². The third-order valence-electron chi connectivity index (χ3n) is 4.43. The Balaban J connectivity index is 2.09. The van der Waals surface area contributed by atoms with Crippen LogP contribution in [0.5, 0.6) is 0 Å². The van der Waals surface area contributed by atoms with Crippen molar-refractivity contribution in [3.63, 3.8) is 0 Å². The number of carbonyl (C=O) groups excluding carboxylic acids is 1. The van der Waals surface area contributed by atoms with E-state index in [1.165, 1.54) is 19.3 Å². The van der Waals surface area contributed by atoms with Gasteiger partial charge in [0.2, 0.25) is 0 Å². The van der Waals surface area contributed by atoms with Gasteiger partial charge >= 0.3 is 5.97 Å². The number of hydrogen-bond acceptors (Lipinski definition) is 2. The van der Waals surface area contributed by atoms with Gasteiger partial charge in [0, 0.05) is 0 Å². The van der Waals surface area contributed by atoms with E-state index in [9.17, 15) is 4.79 Å². The van der Waals surface area contributed by atoms with Crippen molar-refractivity contribution >= 4 is 5.97 Å². The molecule has 0 N–H and O–H groups in total. The van der Waals surface area contributed by atoms with Crippen LogP contribution in [0.4, 0.5) is 0 Å². The predicted molar refractivity (Wildman–Crippen MR) is 64.0 cm³/mol. The SMILES string of the molecule is CCC1(OC(=O)C(C)(C)C)CC2CCC1C2. The average molecular weight is 224 g/mol. The lowest BCUT2D eigenvalue weighted by molar-refractivity contribution is -0.176. The van der Waals surface area contributed by atoms with Crippen LogP contribution in [0.2, 0.25) is 0 Å². The summed E-state index contributed by atoms with van der Waals surface area (Å²) < 4.78 is 5.91. The number of esters is 1. The van der Waals surface area contributed by atoms with Gasteiger partial charge in [-0.15, -0.1) is 0 Å². The molecule has 0 aromatic rings. The molecular weight excluding hydrogens is 200 g/mol. The molecule has 2 rings (SSSR count). The lowest BCUT2D eigenvalue weighted by Crippen LogP contribution is -2.42. The summed E-state index contributed by atoms with van der Waals surface area (Å²) in [6.45, 7) is 7.97. The first-order valence-corrected chi connectivity index (χ1v) is 6.61. The maximum absolute atomic E-state index is 12.0. The van der Waals surface area contributed by atoms with E-state index < -0.39 is 0 Å². The number of rotatable bonds is 2. The first kappa shape index (κ1) is 11.9. The van der Waals surface area contributed by atoms with Crippen LogP contribution in [-0.4, -0.2) is 11.6 Å². The lowest BCUT2D eigenvalue weighted by atomic mass is 9.81. The van der Waals surface area contributed by atoms with Gasteiger partial charge in [0.1, 0.15) is 5.60 Å². The van der Waals surface area contributed by atoms with E-state index >= 15 is 0 Å². The van der Waals surface area contributed by atoms with Crippen molar-refractivity contribution in [3.8, 4) is 0 Å². The Morgan fingerprint density at radius 2 is 2.06 bits per heavy atom. The average Bonchev–Trinajstić information content (AvgIpc) is 2.76. The summed E-state index contributed by atoms with van der Waals surface area (Å²) in [5, 5.41) is 0. The van der Waals surface area contributed by atoms with E-state index in [2.05, 4.69) is 6.92 Å². The molecular formula is C14H24O2. The van der Waals surface area contributed by atoms with Crippen molar-refractivity contribution < 1.29 is 9.53 Å². The van der Waals surface area contributed by atoms with E-state index in [0.29, 0.717) is 5.92 Å². The fraction of sp³-hybridized carbons (Fsp3) is 0.929. The van der Waals surface area contributed by atoms with E-state index in [0.717, 1.165) is 18.8 Å². The van der Waals surface area contributed by atoms with Gasteiger partial charge in [-0.25, -0.2) is 0 Å². The van der Waals surface area contributed by atoms with Crippen molar-refractivity contribution in [2.24, 2.45) is 17.3 Å². The smallest absolute Gasteiger partial charge is 0.311 e. The Kier molecular flexibility index (Phi) is 2.80. The maximum atomic E-state index is 12.0. The highest BCUT2D eigenvalue weighted by atomic mass is 16.6. The molecule has 2 saturated carbocycles. The summed E-state index contributed by atoms with van der Waals surface area (Å²) in [6.07, 6.45) is 5.98. The minimum atomic E-state index is -0.371. The number of fused-ring (bicyclic) bond motifs is 2.